The van der Waals surface area contributed by atoms with Crippen molar-refractivity contribution in [2.75, 3.05) is 18.4 Å². The highest BCUT2D eigenvalue weighted by molar-refractivity contribution is 5.94. The fourth-order valence-electron chi connectivity index (χ4n) is 4.05. The number of carbonyl (C=O) groups excluding carboxylic acids is 2. The minimum absolute atomic E-state index is 0.0514. The average Bonchev–Trinajstić information content (AvgIpc) is 3.34. The van der Waals surface area contributed by atoms with Crippen molar-refractivity contribution >= 4 is 17.6 Å². The van der Waals surface area contributed by atoms with Gasteiger partial charge in [0, 0.05) is 24.6 Å². The van der Waals surface area contributed by atoms with Crippen LogP contribution in [0.4, 0.5) is 10.2 Å². The Bertz CT molecular complexity index is 1300. The molecule has 1 heterocycles. The Hall–Kier alpha value is -4.26. The number of hydrogen-bond donors (Lipinski definition) is 1. The van der Waals surface area contributed by atoms with Crippen molar-refractivity contribution in [2.45, 2.75) is 32.6 Å². The molecule has 1 aromatic heterocycles. The van der Waals surface area contributed by atoms with Gasteiger partial charge in [0.2, 0.25) is 11.8 Å². The summed E-state index contributed by atoms with van der Waals surface area (Å²) in [5.74, 6) is -0.274. The number of benzene rings is 3. The average molecular weight is 499 g/mol. The number of anilines is 1. The van der Waals surface area contributed by atoms with Gasteiger partial charge < -0.3 is 10.2 Å². The molecular formula is C30H31FN4O2. The van der Waals surface area contributed by atoms with Crippen molar-refractivity contribution in [2.24, 2.45) is 0 Å². The second-order valence-electron chi connectivity index (χ2n) is 8.87. The van der Waals surface area contributed by atoms with Gasteiger partial charge in [-0.15, -0.1) is 0 Å². The molecular weight excluding hydrogens is 467 g/mol. The van der Waals surface area contributed by atoms with Crippen LogP contribution >= 0.6 is 0 Å². The summed E-state index contributed by atoms with van der Waals surface area (Å²) in [5.41, 5.74) is 3.26. The molecule has 4 rings (SSSR count). The summed E-state index contributed by atoms with van der Waals surface area (Å²) in [4.78, 5) is 27.8. The highest BCUT2D eigenvalue weighted by Crippen LogP contribution is 2.25. The summed E-state index contributed by atoms with van der Waals surface area (Å²) in [6, 6.07) is 27.2. The molecule has 0 spiro atoms. The Morgan fingerprint density at radius 3 is 2.30 bits per heavy atom. The number of nitrogens with one attached hydrogen (secondary N) is 1. The molecule has 7 heteroatoms. The number of nitrogens with zero attached hydrogens (tertiary/aromatic N) is 3. The lowest BCUT2D eigenvalue weighted by Gasteiger charge is -2.22. The van der Waals surface area contributed by atoms with E-state index >= 15 is 0 Å². The molecule has 0 atom stereocenters. The van der Waals surface area contributed by atoms with E-state index in [0.29, 0.717) is 36.6 Å². The van der Waals surface area contributed by atoms with E-state index in [1.807, 2.05) is 60.7 Å². The molecule has 2 amide bonds. The summed E-state index contributed by atoms with van der Waals surface area (Å²) in [7, 11) is 0. The van der Waals surface area contributed by atoms with Crippen LogP contribution in [0.25, 0.3) is 16.9 Å². The lowest BCUT2D eigenvalue weighted by molar-refractivity contribution is -0.134. The van der Waals surface area contributed by atoms with E-state index < -0.39 is 0 Å². The first-order chi connectivity index (χ1) is 18.0. The lowest BCUT2D eigenvalue weighted by atomic mass is 10.1. The predicted molar refractivity (Wildman–Crippen MR) is 144 cm³/mol. The van der Waals surface area contributed by atoms with E-state index in [-0.39, 0.29) is 24.2 Å². The van der Waals surface area contributed by atoms with Gasteiger partial charge in [0.05, 0.1) is 17.9 Å². The van der Waals surface area contributed by atoms with Crippen LogP contribution in [0.3, 0.4) is 0 Å². The lowest BCUT2D eigenvalue weighted by Crippen LogP contribution is -2.39. The van der Waals surface area contributed by atoms with Gasteiger partial charge in [-0.1, -0.05) is 74.0 Å². The normalized spacial score (nSPS) is 10.8. The van der Waals surface area contributed by atoms with Crippen LogP contribution in [0.15, 0.2) is 91.0 Å². The summed E-state index contributed by atoms with van der Waals surface area (Å²) in [6.45, 7) is 2.52. The van der Waals surface area contributed by atoms with Crippen LogP contribution in [-0.4, -0.2) is 39.6 Å². The van der Waals surface area contributed by atoms with E-state index in [4.69, 9.17) is 0 Å². The third-order valence-electron chi connectivity index (χ3n) is 6.06. The van der Waals surface area contributed by atoms with Gasteiger partial charge in [-0.05, 0) is 42.7 Å². The number of rotatable bonds is 11. The van der Waals surface area contributed by atoms with Crippen molar-refractivity contribution in [3.63, 3.8) is 0 Å². The van der Waals surface area contributed by atoms with E-state index in [9.17, 15) is 14.0 Å². The van der Waals surface area contributed by atoms with Crippen molar-refractivity contribution in [3.05, 3.63) is 102 Å². The first-order valence-corrected chi connectivity index (χ1v) is 12.6. The Labute approximate surface area is 216 Å². The molecule has 0 radical (unpaired) electrons. The smallest absolute Gasteiger partial charge is 0.245 e. The summed E-state index contributed by atoms with van der Waals surface area (Å²) in [6.07, 6.45) is 2.70. The molecule has 0 saturated carbocycles. The Kier molecular flexibility index (Phi) is 8.81. The maximum absolute atomic E-state index is 13.5. The second-order valence-corrected chi connectivity index (χ2v) is 8.87. The SMILES string of the molecule is CCCCN(CC(=O)Nc1cc(-c2ccccc2)nn1-c1ccc(F)cc1)C(=O)CCc1ccccc1. The highest BCUT2D eigenvalue weighted by atomic mass is 19.1. The molecule has 0 bridgehead atoms. The van der Waals surface area contributed by atoms with Gasteiger partial charge >= 0.3 is 0 Å². The van der Waals surface area contributed by atoms with E-state index in [1.54, 1.807) is 27.8 Å². The third kappa shape index (κ3) is 7.13. The summed E-state index contributed by atoms with van der Waals surface area (Å²) < 4.78 is 15.1. The van der Waals surface area contributed by atoms with Crippen molar-refractivity contribution in [1.29, 1.82) is 0 Å². The van der Waals surface area contributed by atoms with Gasteiger partial charge in [0.1, 0.15) is 11.6 Å². The Morgan fingerprint density at radius 2 is 1.62 bits per heavy atom. The van der Waals surface area contributed by atoms with Crippen LogP contribution in [0, 0.1) is 5.82 Å². The fraction of sp³-hybridized carbons (Fsp3) is 0.233. The highest BCUT2D eigenvalue weighted by Gasteiger charge is 2.19. The monoisotopic (exact) mass is 498 g/mol. The maximum atomic E-state index is 13.5. The predicted octanol–water partition coefficient (Wildman–Crippen LogP) is 5.88. The van der Waals surface area contributed by atoms with Gasteiger partial charge in [-0.2, -0.15) is 5.10 Å². The molecule has 0 aliphatic rings. The minimum atomic E-state index is -0.356. The Balaban J connectivity index is 1.51. The van der Waals surface area contributed by atoms with Crippen molar-refractivity contribution in [3.8, 4) is 16.9 Å². The first kappa shape index (κ1) is 25.8. The molecule has 0 saturated heterocycles. The summed E-state index contributed by atoms with van der Waals surface area (Å²) in [5, 5.41) is 7.58. The van der Waals surface area contributed by atoms with E-state index in [1.165, 1.54) is 12.1 Å². The molecule has 1 N–H and O–H groups in total. The molecule has 37 heavy (non-hydrogen) atoms. The van der Waals surface area contributed by atoms with Crippen LogP contribution in [0.5, 0.6) is 0 Å². The zero-order valence-electron chi connectivity index (χ0n) is 20.9. The molecule has 0 aliphatic heterocycles. The standard InChI is InChI=1S/C30H31FN4O2/c1-2-3-20-34(30(37)19-14-23-10-6-4-7-11-23)22-29(36)32-28-21-27(24-12-8-5-9-13-24)33-35(28)26-17-15-25(31)16-18-26/h4-13,15-18,21H,2-3,14,19-20,22H2,1H3,(H,32,36). The molecule has 4 aromatic rings. The van der Waals surface area contributed by atoms with Gasteiger partial charge in [-0.25, -0.2) is 9.07 Å². The van der Waals surface area contributed by atoms with Gasteiger partial charge in [0.25, 0.3) is 0 Å². The fourth-order valence-corrected chi connectivity index (χ4v) is 4.05. The van der Waals surface area contributed by atoms with Crippen molar-refractivity contribution < 1.29 is 14.0 Å². The molecule has 6 nitrogen and oxygen atoms in total. The topological polar surface area (TPSA) is 67.2 Å². The number of hydrogen-bond acceptors (Lipinski definition) is 3. The van der Waals surface area contributed by atoms with E-state index in [2.05, 4.69) is 17.3 Å². The molecule has 0 unspecified atom stereocenters. The minimum Gasteiger partial charge on any atom is -0.333 e. The number of amides is 2. The molecule has 3 aromatic carbocycles. The third-order valence-corrected chi connectivity index (χ3v) is 6.06. The first-order valence-electron chi connectivity index (χ1n) is 12.6. The van der Waals surface area contributed by atoms with Crippen LogP contribution in [0.1, 0.15) is 31.7 Å². The number of aryl methyl sites for hydroxylation is 1. The number of unbranched alkanes of at least 4 members (excludes halogenated alkanes) is 1. The van der Waals surface area contributed by atoms with Crippen molar-refractivity contribution in [1.82, 2.24) is 14.7 Å². The van der Waals surface area contributed by atoms with Gasteiger partial charge in [0.15, 0.2) is 0 Å². The van der Waals surface area contributed by atoms with Crippen LogP contribution < -0.4 is 5.32 Å². The maximum Gasteiger partial charge on any atom is 0.245 e. The van der Waals surface area contributed by atoms with Crippen LogP contribution in [0.2, 0.25) is 0 Å². The van der Waals surface area contributed by atoms with Crippen LogP contribution in [-0.2, 0) is 16.0 Å². The molecule has 0 aliphatic carbocycles. The molecule has 0 fully saturated rings. The Morgan fingerprint density at radius 1 is 0.946 bits per heavy atom. The van der Waals surface area contributed by atoms with Gasteiger partial charge in [-0.3, -0.25) is 9.59 Å². The zero-order valence-corrected chi connectivity index (χ0v) is 20.9. The zero-order chi connectivity index (χ0) is 26.0. The molecule has 190 valence electrons. The quantitative estimate of drug-likeness (QED) is 0.281. The number of carbonyl (C=O) groups is 2. The van der Waals surface area contributed by atoms with E-state index in [0.717, 1.165) is 24.0 Å². The largest absolute Gasteiger partial charge is 0.333 e. The number of aromatic nitrogens is 2. The summed E-state index contributed by atoms with van der Waals surface area (Å²) >= 11 is 0. The number of halogens is 1. The second kappa shape index (κ2) is 12.6.